The molecule has 0 N–H and O–H groups in total. The number of hydrogen-bond acceptors (Lipinski definition) is 4. The molecule has 0 unspecified atom stereocenters. The molecule has 0 bridgehead atoms. The minimum absolute atomic E-state index is 0.0385. The maximum absolute atomic E-state index is 13.1. The topological polar surface area (TPSA) is 66.9 Å². The van der Waals surface area contributed by atoms with E-state index < -0.39 is 10.0 Å². The fourth-order valence-electron chi connectivity index (χ4n) is 3.03. The van der Waals surface area contributed by atoms with Crippen molar-refractivity contribution in [3.63, 3.8) is 0 Å². The Morgan fingerprint density at radius 3 is 2.23 bits per heavy atom. The van der Waals surface area contributed by atoms with Gasteiger partial charge in [0.2, 0.25) is 0 Å². The Morgan fingerprint density at radius 1 is 0.968 bits per heavy atom. The van der Waals surface area contributed by atoms with Crippen LogP contribution in [-0.2, 0) is 16.6 Å². The lowest BCUT2D eigenvalue weighted by Gasteiger charge is -2.21. The molecule has 0 fully saturated rings. The lowest BCUT2D eigenvalue weighted by Crippen LogP contribution is -2.28. The zero-order valence-corrected chi connectivity index (χ0v) is 19.0. The number of ether oxygens (including phenoxy) is 1. The molecule has 0 aliphatic heterocycles. The Balaban J connectivity index is 1.81. The average molecular weight is 459 g/mol. The van der Waals surface area contributed by atoms with Crippen LogP contribution in [0.2, 0.25) is 5.02 Å². The highest BCUT2D eigenvalue weighted by molar-refractivity contribution is 7.92. The predicted octanol–water partition coefficient (Wildman–Crippen LogP) is 4.45. The molecule has 6 nitrogen and oxygen atoms in total. The first-order chi connectivity index (χ1) is 14.7. The number of amides is 1. The number of sulfonamides is 1. The third-order valence-corrected chi connectivity index (χ3v) is 6.89. The molecule has 0 saturated heterocycles. The van der Waals surface area contributed by atoms with Crippen LogP contribution in [-0.4, -0.2) is 40.4 Å². The van der Waals surface area contributed by atoms with Crippen LogP contribution in [0.5, 0.6) is 5.75 Å². The molecule has 8 heteroatoms. The van der Waals surface area contributed by atoms with Crippen LogP contribution in [0.3, 0.4) is 0 Å². The number of benzene rings is 3. The van der Waals surface area contributed by atoms with Gasteiger partial charge >= 0.3 is 0 Å². The quantitative estimate of drug-likeness (QED) is 0.524. The lowest BCUT2D eigenvalue weighted by molar-refractivity contribution is 0.0785. The summed E-state index contributed by atoms with van der Waals surface area (Å²) < 4.78 is 32.5. The number of methoxy groups -OCH3 is 1. The maximum atomic E-state index is 13.1. The number of rotatable bonds is 7. The van der Waals surface area contributed by atoms with Gasteiger partial charge in [0.25, 0.3) is 15.9 Å². The van der Waals surface area contributed by atoms with Crippen molar-refractivity contribution in [1.82, 2.24) is 4.90 Å². The van der Waals surface area contributed by atoms with Crippen molar-refractivity contribution < 1.29 is 17.9 Å². The number of anilines is 1. The molecular formula is C23H23ClN2O4S. The number of nitrogens with zero attached hydrogens (tertiary/aromatic N) is 2. The van der Waals surface area contributed by atoms with Gasteiger partial charge in [0.1, 0.15) is 5.75 Å². The summed E-state index contributed by atoms with van der Waals surface area (Å²) in [6, 6.07) is 20.0. The van der Waals surface area contributed by atoms with E-state index in [-0.39, 0.29) is 10.8 Å². The van der Waals surface area contributed by atoms with E-state index in [2.05, 4.69) is 0 Å². The van der Waals surface area contributed by atoms with E-state index in [4.69, 9.17) is 16.3 Å². The second-order valence-corrected chi connectivity index (χ2v) is 9.39. The molecule has 31 heavy (non-hydrogen) atoms. The summed E-state index contributed by atoms with van der Waals surface area (Å²) in [5.41, 5.74) is 1.70. The van der Waals surface area contributed by atoms with Gasteiger partial charge in [-0.25, -0.2) is 8.42 Å². The zero-order valence-electron chi connectivity index (χ0n) is 17.4. The van der Waals surface area contributed by atoms with E-state index in [0.29, 0.717) is 28.6 Å². The Hall–Kier alpha value is -3.03. The summed E-state index contributed by atoms with van der Waals surface area (Å²) in [7, 11) is 0.832. The first kappa shape index (κ1) is 22.7. The first-order valence-electron chi connectivity index (χ1n) is 9.45. The molecule has 0 radical (unpaired) electrons. The molecule has 0 aromatic heterocycles. The van der Waals surface area contributed by atoms with E-state index in [1.54, 1.807) is 62.7 Å². The number of carbonyl (C=O) groups excluding carboxylic acids is 1. The Labute approximate surface area is 187 Å². The zero-order chi connectivity index (χ0) is 22.6. The Kier molecular flexibility index (Phi) is 6.87. The molecule has 162 valence electrons. The van der Waals surface area contributed by atoms with Gasteiger partial charge in [0.15, 0.2) is 0 Å². The van der Waals surface area contributed by atoms with Crippen LogP contribution in [0, 0.1) is 0 Å². The van der Waals surface area contributed by atoms with Gasteiger partial charge < -0.3 is 9.64 Å². The van der Waals surface area contributed by atoms with Crippen molar-refractivity contribution in [2.24, 2.45) is 0 Å². The highest BCUT2D eigenvalue weighted by Gasteiger charge is 2.23. The van der Waals surface area contributed by atoms with Gasteiger partial charge in [-0.15, -0.1) is 0 Å². The minimum Gasteiger partial charge on any atom is -0.497 e. The van der Waals surface area contributed by atoms with Crippen LogP contribution in [0.25, 0.3) is 0 Å². The lowest BCUT2D eigenvalue weighted by atomic mass is 10.1. The normalized spacial score (nSPS) is 11.1. The number of carbonyl (C=O) groups is 1. The number of hydrogen-bond donors (Lipinski definition) is 0. The monoisotopic (exact) mass is 458 g/mol. The van der Waals surface area contributed by atoms with Gasteiger partial charge in [0.05, 0.1) is 17.7 Å². The van der Waals surface area contributed by atoms with Gasteiger partial charge in [-0.2, -0.15) is 0 Å². The number of halogens is 1. The summed E-state index contributed by atoms with van der Waals surface area (Å²) in [5, 5.41) is 0.622. The molecular weight excluding hydrogens is 436 g/mol. The fraction of sp³-hybridized carbons (Fsp3) is 0.174. The van der Waals surface area contributed by atoms with E-state index in [1.807, 2.05) is 12.1 Å². The van der Waals surface area contributed by atoms with Crippen LogP contribution in [0.1, 0.15) is 15.9 Å². The van der Waals surface area contributed by atoms with E-state index in [0.717, 1.165) is 5.56 Å². The molecule has 0 heterocycles. The van der Waals surface area contributed by atoms with E-state index >= 15 is 0 Å². The summed E-state index contributed by atoms with van der Waals surface area (Å²) in [6.07, 6.45) is 0. The van der Waals surface area contributed by atoms with Crippen molar-refractivity contribution in [3.05, 3.63) is 88.9 Å². The second-order valence-electron chi connectivity index (χ2n) is 6.99. The molecule has 0 spiro atoms. The van der Waals surface area contributed by atoms with Gasteiger partial charge in [-0.3, -0.25) is 9.10 Å². The van der Waals surface area contributed by atoms with Gasteiger partial charge in [-0.05, 0) is 60.2 Å². The van der Waals surface area contributed by atoms with Crippen molar-refractivity contribution >= 4 is 33.2 Å². The van der Waals surface area contributed by atoms with E-state index in [9.17, 15) is 13.2 Å². The van der Waals surface area contributed by atoms with Crippen molar-refractivity contribution in [3.8, 4) is 5.75 Å². The van der Waals surface area contributed by atoms with Gasteiger partial charge in [0, 0.05) is 31.2 Å². The summed E-state index contributed by atoms with van der Waals surface area (Å²) >= 11 is 5.90. The standard InChI is InChI=1S/C23H23ClN2O4S/c1-25(16-17-7-9-19(24)10-8-17)23(27)18-5-4-6-22(15-18)31(28,29)26(2)20-11-13-21(30-3)14-12-20/h4-15H,16H2,1-3H3. The highest BCUT2D eigenvalue weighted by Crippen LogP contribution is 2.25. The minimum atomic E-state index is -3.85. The predicted molar refractivity (Wildman–Crippen MR) is 122 cm³/mol. The third-order valence-electron chi connectivity index (χ3n) is 4.86. The molecule has 0 aliphatic carbocycles. The molecule has 3 aromatic rings. The van der Waals surface area contributed by atoms with Crippen LogP contribution < -0.4 is 9.04 Å². The Morgan fingerprint density at radius 2 is 1.61 bits per heavy atom. The summed E-state index contributed by atoms with van der Waals surface area (Å²) in [4.78, 5) is 14.5. The molecule has 3 rings (SSSR count). The molecule has 0 aliphatic rings. The summed E-state index contributed by atoms with van der Waals surface area (Å²) in [5.74, 6) is 0.352. The fourth-order valence-corrected chi connectivity index (χ4v) is 4.40. The van der Waals surface area contributed by atoms with Crippen LogP contribution in [0.15, 0.2) is 77.7 Å². The van der Waals surface area contributed by atoms with Crippen LogP contribution >= 0.6 is 11.6 Å². The largest absolute Gasteiger partial charge is 0.497 e. The third kappa shape index (κ3) is 5.18. The maximum Gasteiger partial charge on any atom is 0.264 e. The molecule has 0 atom stereocenters. The molecule has 0 saturated carbocycles. The molecule has 1 amide bonds. The van der Waals surface area contributed by atoms with Crippen molar-refractivity contribution in [2.75, 3.05) is 25.5 Å². The molecule has 3 aromatic carbocycles. The van der Waals surface area contributed by atoms with Crippen molar-refractivity contribution in [1.29, 1.82) is 0 Å². The average Bonchev–Trinajstić information content (AvgIpc) is 2.79. The van der Waals surface area contributed by atoms with Crippen molar-refractivity contribution in [2.45, 2.75) is 11.4 Å². The van der Waals surface area contributed by atoms with E-state index in [1.165, 1.54) is 28.4 Å². The second kappa shape index (κ2) is 9.41. The van der Waals surface area contributed by atoms with Gasteiger partial charge in [-0.1, -0.05) is 29.8 Å². The summed E-state index contributed by atoms with van der Waals surface area (Å²) in [6.45, 7) is 0.374. The smallest absolute Gasteiger partial charge is 0.264 e. The first-order valence-corrected chi connectivity index (χ1v) is 11.3. The van der Waals surface area contributed by atoms with Crippen LogP contribution in [0.4, 0.5) is 5.69 Å². The Bertz CT molecular complexity index is 1160. The highest BCUT2D eigenvalue weighted by atomic mass is 35.5. The SMILES string of the molecule is COc1ccc(N(C)S(=O)(=O)c2cccc(C(=O)N(C)Cc3ccc(Cl)cc3)c2)cc1.